The van der Waals surface area contributed by atoms with E-state index >= 15 is 0 Å². The molecule has 0 radical (unpaired) electrons. The van der Waals surface area contributed by atoms with Crippen LogP contribution in [0.2, 0.25) is 0 Å². The second kappa shape index (κ2) is 7.74. The van der Waals surface area contributed by atoms with Crippen LogP contribution < -0.4 is 5.32 Å². The standard InChI is InChI=1S/C14H27NO3/c1-10(2)13(16)4-7-15-14(17)11(3)12-5-8-18-9-6-12/h10-13,16H,4-9H2,1-3H3,(H,15,17). The van der Waals surface area contributed by atoms with Crippen molar-refractivity contribution in [3.8, 4) is 0 Å². The Labute approximate surface area is 110 Å². The molecule has 1 aliphatic heterocycles. The number of amides is 1. The highest BCUT2D eigenvalue weighted by atomic mass is 16.5. The summed E-state index contributed by atoms with van der Waals surface area (Å²) >= 11 is 0. The fourth-order valence-electron chi connectivity index (χ4n) is 2.27. The summed E-state index contributed by atoms with van der Waals surface area (Å²) in [4.78, 5) is 12.0. The Bertz CT molecular complexity index is 249. The van der Waals surface area contributed by atoms with Gasteiger partial charge >= 0.3 is 0 Å². The summed E-state index contributed by atoms with van der Waals surface area (Å²) < 4.78 is 5.30. The van der Waals surface area contributed by atoms with Crippen molar-refractivity contribution in [1.29, 1.82) is 0 Å². The molecule has 1 heterocycles. The molecule has 0 bridgehead atoms. The molecule has 1 rings (SSSR count). The summed E-state index contributed by atoms with van der Waals surface area (Å²) in [7, 11) is 0. The van der Waals surface area contributed by atoms with Crippen LogP contribution in [0, 0.1) is 17.8 Å². The minimum Gasteiger partial charge on any atom is -0.393 e. The molecule has 0 spiro atoms. The molecule has 2 N–H and O–H groups in total. The van der Waals surface area contributed by atoms with Crippen molar-refractivity contribution in [2.75, 3.05) is 19.8 Å². The SMILES string of the molecule is CC(C)C(O)CCNC(=O)C(C)C1CCOCC1. The zero-order chi connectivity index (χ0) is 13.5. The smallest absolute Gasteiger partial charge is 0.223 e. The third-order valence-electron chi connectivity index (χ3n) is 3.90. The highest BCUT2D eigenvalue weighted by Crippen LogP contribution is 2.23. The maximum atomic E-state index is 12.0. The van der Waals surface area contributed by atoms with Crippen molar-refractivity contribution in [1.82, 2.24) is 5.32 Å². The van der Waals surface area contributed by atoms with Crippen molar-refractivity contribution in [2.45, 2.75) is 46.1 Å². The molecule has 2 unspecified atom stereocenters. The molecule has 18 heavy (non-hydrogen) atoms. The predicted octanol–water partition coefficient (Wildman–Crippen LogP) is 1.57. The number of ether oxygens (including phenoxy) is 1. The number of rotatable bonds is 6. The lowest BCUT2D eigenvalue weighted by Crippen LogP contribution is -2.37. The first kappa shape index (κ1) is 15.4. The van der Waals surface area contributed by atoms with E-state index in [1.807, 2.05) is 20.8 Å². The van der Waals surface area contributed by atoms with Gasteiger partial charge < -0.3 is 15.2 Å². The van der Waals surface area contributed by atoms with Crippen LogP contribution >= 0.6 is 0 Å². The van der Waals surface area contributed by atoms with Crippen molar-refractivity contribution >= 4 is 5.91 Å². The van der Waals surface area contributed by atoms with Gasteiger partial charge in [-0.3, -0.25) is 4.79 Å². The fraction of sp³-hybridized carbons (Fsp3) is 0.929. The van der Waals surface area contributed by atoms with Gasteiger partial charge in [0.15, 0.2) is 0 Å². The van der Waals surface area contributed by atoms with Gasteiger partial charge in [-0.05, 0) is 31.1 Å². The third kappa shape index (κ3) is 4.94. The zero-order valence-corrected chi connectivity index (χ0v) is 11.8. The molecule has 0 aromatic rings. The summed E-state index contributed by atoms with van der Waals surface area (Å²) in [5.41, 5.74) is 0. The Hall–Kier alpha value is -0.610. The van der Waals surface area contributed by atoms with E-state index in [1.165, 1.54) is 0 Å². The molecule has 0 aliphatic carbocycles. The van der Waals surface area contributed by atoms with Crippen LogP contribution in [-0.4, -0.2) is 36.9 Å². The molecule has 1 fully saturated rings. The average molecular weight is 257 g/mol. The molecular weight excluding hydrogens is 230 g/mol. The molecule has 2 atom stereocenters. The van der Waals surface area contributed by atoms with E-state index in [1.54, 1.807) is 0 Å². The predicted molar refractivity (Wildman–Crippen MR) is 71.2 cm³/mol. The van der Waals surface area contributed by atoms with Gasteiger partial charge in [0.2, 0.25) is 5.91 Å². The van der Waals surface area contributed by atoms with Gasteiger partial charge in [0.25, 0.3) is 0 Å². The van der Waals surface area contributed by atoms with Gasteiger partial charge in [0.1, 0.15) is 0 Å². The monoisotopic (exact) mass is 257 g/mol. The van der Waals surface area contributed by atoms with E-state index in [4.69, 9.17) is 4.74 Å². The molecule has 0 saturated carbocycles. The van der Waals surface area contributed by atoms with Gasteiger partial charge in [-0.25, -0.2) is 0 Å². The summed E-state index contributed by atoms with van der Waals surface area (Å²) in [6.45, 7) is 8.06. The lowest BCUT2D eigenvalue weighted by atomic mass is 9.87. The number of aliphatic hydroxyl groups excluding tert-OH is 1. The molecule has 4 nitrogen and oxygen atoms in total. The quantitative estimate of drug-likeness (QED) is 0.759. The number of hydrogen-bond donors (Lipinski definition) is 2. The normalized spacial score (nSPS) is 20.7. The Morgan fingerprint density at radius 2 is 1.94 bits per heavy atom. The number of carbonyl (C=O) groups excluding carboxylic acids is 1. The van der Waals surface area contributed by atoms with Gasteiger partial charge in [-0.2, -0.15) is 0 Å². The lowest BCUT2D eigenvalue weighted by molar-refractivity contribution is -0.127. The molecule has 1 amide bonds. The Balaban J connectivity index is 2.23. The number of hydrogen-bond acceptors (Lipinski definition) is 3. The van der Waals surface area contributed by atoms with E-state index in [-0.39, 0.29) is 23.8 Å². The number of carbonyl (C=O) groups is 1. The molecule has 0 aromatic heterocycles. The van der Waals surface area contributed by atoms with E-state index in [0.29, 0.717) is 18.9 Å². The first-order chi connectivity index (χ1) is 8.52. The minimum atomic E-state index is -0.330. The van der Waals surface area contributed by atoms with Gasteiger partial charge in [-0.15, -0.1) is 0 Å². The molecule has 1 saturated heterocycles. The van der Waals surface area contributed by atoms with Gasteiger partial charge in [-0.1, -0.05) is 20.8 Å². The van der Waals surface area contributed by atoms with Crippen molar-refractivity contribution < 1.29 is 14.6 Å². The van der Waals surface area contributed by atoms with E-state index < -0.39 is 0 Å². The van der Waals surface area contributed by atoms with E-state index in [9.17, 15) is 9.90 Å². The highest BCUT2D eigenvalue weighted by molar-refractivity contribution is 5.78. The largest absolute Gasteiger partial charge is 0.393 e. The topological polar surface area (TPSA) is 58.6 Å². The van der Waals surface area contributed by atoms with Crippen molar-refractivity contribution in [3.63, 3.8) is 0 Å². The van der Waals surface area contributed by atoms with E-state index in [0.717, 1.165) is 26.1 Å². The Morgan fingerprint density at radius 1 is 1.33 bits per heavy atom. The van der Waals surface area contributed by atoms with Crippen molar-refractivity contribution in [2.24, 2.45) is 17.8 Å². The third-order valence-corrected chi connectivity index (χ3v) is 3.90. The Morgan fingerprint density at radius 3 is 2.50 bits per heavy atom. The second-order valence-corrected chi connectivity index (χ2v) is 5.63. The second-order valence-electron chi connectivity index (χ2n) is 5.63. The zero-order valence-electron chi connectivity index (χ0n) is 11.8. The van der Waals surface area contributed by atoms with Gasteiger partial charge in [0.05, 0.1) is 6.10 Å². The molecule has 0 aromatic carbocycles. The van der Waals surface area contributed by atoms with Crippen LogP contribution in [-0.2, 0) is 9.53 Å². The highest BCUT2D eigenvalue weighted by Gasteiger charge is 2.25. The average Bonchev–Trinajstić information content (AvgIpc) is 2.38. The first-order valence-corrected chi connectivity index (χ1v) is 7.06. The van der Waals surface area contributed by atoms with Crippen LogP contribution in [0.4, 0.5) is 0 Å². The van der Waals surface area contributed by atoms with Crippen LogP contribution in [0.5, 0.6) is 0 Å². The number of aliphatic hydroxyl groups is 1. The summed E-state index contributed by atoms with van der Waals surface area (Å²) in [5.74, 6) is 0.839. The van der Waals surface area contributed by atoms with Gasteiger partial charge in [0, 0.05) is 25.7 Å². The molecule has 1 aliphatic rings. The van der Waals surface area contributed by atoms with Crippen LogP contribution in [0.25, 0.3) is 0 Å². The van der Waals surface area contributed by atoms with Crippen LogP contribution in [0.1, 0.15) is 40.0 Å². The summed E-state index contributed by atoms with van der Waals surface area (Å²) in [6.07, 6.45) is 2.25. The Kier molecular flexibility index (Phi) is 6.65. The maximum absolute atomic E-state index is 12.0. The van der Waals surface area contributed by atoms with E-state index in [2.05, 4.69) is 5.32 Å². The first-order valence-electron chi connectivity index (χ1n) is 7.06. The number of nitrogens with one attached hydrogen (secondary N) is 1. The molecule has 106 valence electrons. The van der Waals surface area contributed by atoms with Crippen molar-refractivity contribution in [3.05, 3.63) is 0 Å². The summed E-state index contributed by atoms with van der Waals surface area (Å²) in [6, 6.07) is 0. The van der Waals surface area contributed by atoms with Crippen LogP contribution in [0.3, 0.4) is 0 Å². The fourth-order valence-corrected chi connectivity index (χ4v) is 2.27. The molecule has 4 heteroatoms. The molecular formula is C14H27NO3. The maximum Gasteiger partial charge on any atom is 0.223 e. The summed E-state index contributed by atoms with van der Waals surface area (Å²) in [5, 5.41) is 12.6. The van der Waals surface area contributed by atoms with Crippen LogP contribution in [0.15, 0.2) is 0 Å². The minimum absolute atomic E-state index is 0.0464. The lowest BCUT2D eigenvalue weighted by Gasteiger charge is -2.27.